The van der Waals surface area contributed by atoms with Crippen LogP contribution in [0.2, 0.25) is 0 Å². The van der Waals surface area contributed by atoms with E-state index in [2.05, 4.69) is 0 Å². The van der Waals surface area contributed by atoms with Gasteiger partial charge in [0.1, 0.15) is 11.6 Å². The van der Waals surface area contributed by atoms with Gasteiger partial charge in [0, 0.05) is 30.0 Å². The molecule has 2 rings (SSSR count). The zero-order valence-electron chi connectivity index (χ0n) is 11.9. The van der Waals surface area contributed by atoms with E-state index in [9.17, 15) is 4.39 Å². The first-order valence-electron chi connectivity index (χ1n) is 6.46. The monoisotopic (exact) mass is 274 g/mol. The maximum absolute atomic E-state index is 14.0. The molecule has 0 aliphatic heterocycles. The molecule has 0 saturated heterocycles. The van der Waals surface area contributed by atoms with Gasteiger partial charge in [-0.15, -0.1) is 0 Å². The van der Waals surface area contributed by atoms with Crippen molar-refractivity contribution in [2.24, 2.45) is 5.73 Å². The Bertz CT molecular complexity index is 582. The minimum Gasteiger partial charge on any atom is -0.497 e. The summed E-state index contributed by atoms with van der Waals surface area (Å²) in [5.74, 6) is 0.506. The highest BCUT2D eigenvalue weighted by molar-refractivity contribution is 5.67. The lowest BCUT2D eigenvalue weighted by Gasteiger charge is -2.24. The van der Waals surface area contributed by atoms with E-state index in [-0.39, 0.29) is 11.9 Å². The molecule has 0 saturated carbocycles. The van der Waals surface area contributed by atoms with E-state index in [1.165, 1.54) is 6.07 Å². The minimum atomic E-state index is -0.369. The summed E-state index contributed by atoms with van der Waals surface area (Å²) >= 11 is 0. The van der Waals surface area contributed by atoms with Gasteiger partial charge in [-0.05, 0) is 43.3 Å². The first kappa shape index (κ1) is 14.3. The third-order valence-corrected chi connectivity index (χ3v) is 3.31. The fraction of sp³-hybridized carbons (Fsp3) is 0.250. The van der Waals surface area contributed by atoms with Crippen molar-refractivity contribution < 1.29 is 9.13 Å². The summed E-state index contributed by atoms with van der Waals surface area (Å²) in [6.45, 7) is 1.78. The molecule has 3 nitrogen and oxygen atoms in total. The van der Waals surface area contributed by atoms with Gasteiger partial charge in [0.2, 0.25) is 0 Å². The number of anilines is 2. The van der Waals surface area contributed by atoms with Gasteiger partial charge in [-0.3, -0.25) is 0 Å². The molecule has 2 aromatic carbocycles. The Labute approximate surface area is 118 Å². The van der Waals surface area contributed by atoms with Crippen LogP contribution in [0.3, 0.4) is 0 Å². The number of halogens is 1. The topological polar surface area (TPSA) is 38.5 Å². The van der Waals surface area contributed by atoms with Gasteiger partial charge in [0.05, 0.1) is 7.11 Å². The Kier molecular flexibility index (Phi) is 4.25. The van der Waals surface area contributed by atoms with Crippen LogP contribution in [0.1, 0.15) is 18.5 Å². The van der Waals surface area contributed by atoms with E-state index < -0.39 is 0 Å². The summed E-state index contributed by atoms with van der Waals surface area (Å²) in [6, 6.07) is 12.2. The standard InChI is InChI=1S/C16H19FN2O/c1-11(18)16-14(17)5-4-6-15(16)19(2)12-7-9-13(20-3)10-8-12/h4-11H,18H2,1-3H3/t11-/m1/s1. The van der Waals surface area contributed by atoms with Crippen LogP contribution in [0.5, 0.6) is 5.75 Å². The lowest BCUT2D eigenvalue weighted by molar-refractivity contribution is 0.415. The van der Waals surface area contributed by atoms with E-state index in [0.717, 1.165) is 17.1 Å². The normalized spacial score (nSPS) is 12.1. The fourth-order valence-electron chi connectivity index (χ4n) is 2.21. The van der Waals surface area contributed by atoms with Gasteiger partial charge < -0.3 is 15.4 Å². The summed E-state index contributed by atoms with van der Waals surface area (Å²) < 4.78 is 19.1. The van der Waals surface area contributed by atoms with Crippen LogP contribution in [0.4, 0.5) is 15.8 Å². The number of hydrogen-bond acceptors (Lipinski definition) is 3. The van der Waals surface area contributed by atoms with E-state index in [1.807, 2.05) is 42.3 Å². The zero-order valence-corrected chi connectivity index (χ0v) is 11.9. The molecule has 0 amide bonds. The summed E-state index contributed by atoms with van der Waals surface area (Å²) in [5.41, 5.74) is 8.12. The number of benzene rings is 2. The molecular weight excluding hydrogens is 255 g/mol. The van der Waals surface area contributed by atoms with Crippen LogP contribution in [0, 0.1) is 5.82 Å². The molecule has 4 heteroatoms. The van der Waals surface area contributed by atoms with Gasteiger partial charge in [-0.2, -0.15) is 0 Å². The molecule has 0 fully saturated rings. The number of rotatable bonds is 4. The van der Waals surface area contributed by atoms with Crippen molar-refractivity contribution in [3.63, 3.8) is 0 Å². The second-order valence-electron chi connectivity index (χ2n) is 4.72. The Morgan fingerprint density at radius 2 is 1.80 bits per heavy atom. The molecule has 20 heavy (non-hydrogen) atoms. The van der Waals surface area contributed by atoms with Crippen molar-refractivity contribution in [2.75, 3.05) is 19.1 Å². The van der Waals surface area contributed by atoms with Crippen LogP contribution >= 0.6 is 0 Å². The number of methoxy groups -OCH3 is 1. The van der Waals surface area contributed by atoms with Gasteiger partial charge in [0.15, 0.2) is 0 Å². The third-order valence-electron chi connectivity index (χ3n) is 3.31. The first-order chi connectivity index (χ1) is 9.54. The number of ether oxygens (including phenoxy) is 1. The van der Waals surface area contributed by atoms with Gasteiger partial charge in [0.25, 0.3) is 0 Å². The van der Waals surface area contributed by atoms with Crippen molar-refractivity contribution in [2.45, 2.75) is 13.0 Å². The van der Waals surface area contributed by atoms with Crippen LogP contribution in [0.15, 0.2) is 42.5 Å². The van der Waals surface area contributed by atoms with E-state index in [4.69, 9.17) is 10.5 Å². The van der Waals surface area contributed by atoms with Gasteiger partial charge in [-0.25, -0.2) is 4.39 Å². The maximum atomic E-state index is 14.0. The molecule has 106 valence electrons. The SMILES string of the molecule is COc1ccc(N(C)c2cccc(F)c2[C@@H](C)N)cc1. The highest BCUT2D eigenvalue weighted by atomic mass is 19.1. The average molecular weight is 274 g/mol. The molecule has 0 unspecified atom stereocenters. The quantitative estimate of drug-likeness (QED) is 0.925. The van der Waals surface area contributed by atoms with Crippen molar-refractivity contribution in [1.29, 1.82) is 0 Å². The second kappa shape index (κ2) is 5.92. The maximum Gasteiger partial charge on any atom is 0.130 e. The predicted molar refractivity (Wildman–Crippen MR) is 80.1 cm³/mol. The highest BCUT2D eigenvalue weighted by Crippen LogP contribution is 2.32. The molecule has 0 bridgehead atoms. The van der Waals surface area contributed by atoms with Gasteiger partial charge >= 0.3 is 0 Å². The molecule has 2 N–H and O–H groups in total. The summed E-state index contributed by atoms with van der Waals surface area (Å²) in [6.07, 6.45) is 0. The zero-order chi connectivity index (χ0) is 14.7. The Hall–Kier alpha value is -2.07. The molecule has 0 radical (unpaired) electrons. The van der Waals surface area contributed by atoms with Crippen molar-refractivity contribution in [1.82, 2.24) is 0 Å². The molecule has 0 aromatic heterocycles. The molecule has 0 heterocycles. The summed E-state index contributed by atoms with van der Waals surface area (Å²) in [4.78, 5) is 1.92. The first-order valence-corrected chi connectivity index (χ1v) is 6.46. The summed E-state index contributed by atoms with van der Waals surface area (Å²) in [5, 5.41) is 0. The number of nitrogens with zero attached hydrogens (tertiary/aromatic N) is 1. The average Bonchev–Trinajstić information content (AvgIpc) is 2.46. The Morgan fingerprint density at radius 1 is 1.15 bits per heavy atom. The number of nitrogens with two attached hydrogens (primary N) is 1. The van der Waals surface area contributed by atoms with Crippen LogP contribution in [-0.2, 0) is 0 Å². The Balaban J connectivity index is 2.42. The van der Waals surface area contributed by atoms with E-state index in [1.54, 1.807) is 20.1 Å². The number of hydrogen-bond donors (Lipinski definition) is 1. The Morgan fingerprint density at radius 3 is 2.35 bits per heavy atom. The minimum absolute atomic E-state index is 0.280. The van der Waals surface area contributed by atoms with Crippen LogP contribution < -0.4 is 15.4 Å². The largest absolute Gasteiger partial charge is 0.497 e. The van der Waals surface area contributed by atoms with Crippen LogP contribution in [0.25, 0.3) is 0 Å². The van der Waals surface area contributed by atoms with Crippen LogP contribution in [-0.4, -0.2) is 14.2 Å². The molecule has 2 aromatic rings. The molecular formula is C16H19FN2O. The molecule has 0 aliphatic rings. The molecule has 1 atom stereocenters. The third kappa shape index (κ3) is 2.75. The van der Waals surface area contributed by atoms with Crippen molar-refractivity contribution in [3.05, 3.63) is 53.8 Å². The fourth-order valence-corrected chi connectivity index (χ4v) is 2.21. The second-order valence-corrected chi connectivity index (χ2v) is 4.72. The predicted octanol–water partition coefficient (Wildman–Crippen LogP) is 3.62. The highest BCUT2D eigenvalue weighted by Gasteiger charge is 2.16. The lowest BCUT2D eigenvalue weighted by atomic mass is 10.0. The van der Waals surface area contributed by atoms with Gasteiger partial charge in [-0.1, -0.05) is 6.07 Å². The smallest absolute Gasteiger partial charge is 0.130 e. The van der Waals surface area contributed by atoms with E-state index in [0.29, 0.717) is 5.56 Å². The van der Waals surface area contributed by atoms with Crippen molar-refractivity contribution in [3.8, 4) is 5.75 Å². The molecule has 0 spiro atoms. The molecule has 0 aliphatic carbocycles. The van der Waals surface area contributed by atoms with Crippen molar-refractivity contribution >= 4 is 11.4 Å². The van der Waals surface area contributed by atoms with E-state index >= 15 is 0 Å². The lowest BCUT2D eigenvalue weighted by Crippen LogP contribution is -2.17. The summed E-state index contributed by atoms with van der Waals surface area (Å²) in [7, 11) is 3.52.